The maximum atomic E-state index is 11.0. The molecule has 2 aromatic carbocycles. The Hall–Kier alpha value is -3.19. The van der Waals surface area contributed by atoms with Crippen LogP contribution in [0.1, 0.15) is 43.4 Å². The molecular weight excluding hydrogens is 412 g/mol. The minimum Gasteiger partial charge on any atom is -0.507 e. The number of hydrogen-bond acceptors (Lipinski definition) is 6. The molecule has 0 amide bonds. The van der Waals surface area contributed by atoms with E-state index >= 15 is 0 Å². The molecule has 0 radical (unpaired) electrons. The molecule has 2 N–H and O–H groups in total. The first kappa shape index (κ1) is 20.4. The van der Waals surface area contributed by atoms with E-state index in [0.29, 0.717) is 23.3 Å². The summed E-state index contributed by atoms with van der Waals surface area (Å²) in [5, 5.41) is 21.2. The summed E-state index contributed by atoms with van der Waals surface area (Å²) in [5.41, 5.74) is 5.55. The summed E-state index contributed by atoms with van der Waals surface area (Å²) in [4.78, 5) is 12.5. The second-order valence-corrected chi connectivity index (χ2v) is 9.70. The summed E-state index contributed by atoms with van der Waals surface area (Å²) in [5.74, 6) is 1.27. The largest absolute Gasteiger partial charge is 0.507 e. The van der Waals surface area contributed by atoms with E-state index in [9.17, 15) is 5.11 Å². The molecule has 2 fully saturated rings. The lowest BCUT2D eigenvalue weighted by Gasteiger charge is -2.34. The van der Waals surface area contributed by atoms with Crippen molar-refractivity contribution < 1.29 is 5.11 Å². The van der Waals surface area contributed by atoms with Gasteiger partial charge in [0.25, 0.3) is 0 Å². The van der Waals surface area contributed by atoms with Gasteiger partial charge in [-0.05, 0) is 51.0 Å². The molecule has 6 rings (SSSR count). The Kier molecular flexibility index (Phi) is 4.76. The van der Waals surface area contributed by atoms with Crippen LogP contribution in [-0.2, 0) is 7.05 Å². The second-order valence-electron chi connectivity index (χ2n) is 9.70. The number of nitrogens with one attached hydrogen (secondary N) is 1. The highest BCUT2D eigenvalue weighted by molar-refractivity contribution is 5.92. The number of aryl methyl sites for hydroxylation is 2. The van der Waals surface area contributed by atoms with Crippen molar-refractivity contribution in [3.63, 3.8) is 0 Å². The summed E-state index contributed by atoms with van der Waals surface area (Å²) >= 11 is 0. The summed E-state index contributed by atoms with van der Waals surface area (Å²) in [6.45, 7) is 7.14. The number of piperazine rings is 1. The summed E-state index contributed by atoms with van der Waals surface area (Å²) in [7, 11) is 1.90. The number of hydrogen-bond donors (Lipinski definition) is 2. The maximum absolute atomic E-state index is 11.0. The predicted molar refractivity (Wildman–Crippen MR) is 132 cm³/mol. The Balaban J connectivity index is 1.51. The Morgan fingerprint density at radius 1 is 1.15 bits per heavy atom. The highest BCUT2D eigenvalue weighted by Gasteiger charge is 2.26. The van der Waals surface area contributed by atoms with Gasteiger partial charge in [0.2, 0.25) is 0 Å². The van der Waals surface area contributed by atoms with Crippen molar-refractivity contribution in [3.8, 4) is 17.1 Å². The molecule has 1 unspecified atom stereocenters. The molecule has 7 nitrogen and oxygen atoms in total. The molecule has 33 heavy (non-hydrogen) atoms. The molecule has 1 aliphatic heterocycles. The topological polar surface area (TPSA) is 79.1 Å². The molecular formula is C26H30N6O. The van der Waals surface area contributed by atoms with Gasteiger partial charge in [0.05, 0.1) is 22.3 Å². The SMILES string of the molecule is Cc1c(O)c(-c2nc(C3CCC3)c3cc(N4CCNC(C)C4)ccc3n2)cc2cn(C)nc12. The second kappa shape index (κ2) is 7.70. The van der Waals surface area contributed by atoms with Crippen LogP contribution >= 0.6 is 0 Å². The molecule has 2 aliphatic rings. The lowest BCUT2D eigenvalue weighted by molar-refractivity contribution is 0.414. The van der Waals surface area contributed by atoms with E-state index in [-0.39, 0.29) is 5.75 Å². The number of nitrogens with zero attached hydrogens (tertiary/aromatic N) is 5. The monoisotopic (exact) mass is 442 g/mol. The van der Waals surface area contributed by atoms with Gasteiger partial charge in [-0.3, -0.25) is 4.68 Å². The van der Waals surface area contributed by atoms with E-state index in [1.165, 1.54) is 12.1 Å². The fraction of sp³-hybridized carbons (Fsp3) is 0.423. The first-order valence-electron chi connectivity index (χ1n) is 11.9. The van der Waals surface area contributed by atoms with Gasteiger partial charge in [0.15, 0.2) is 5.82 Å². The first-order valence-corrected chi connectivity index (χ1v) is 11.9. The molecule has 1 aliphatic carbocycles. The minimum absolute atomic E-state index is 0.214. The van der Waals surface area contributed by atoms with Crippen LogP contribution in [0.2, 0.25) is 0 Å². The van der Waals surface area contributed by atoms with Crippen LogP contribution in [0.25, 0.3) is 33.2 Å². The zero-order chi connectivity index (χ0) is 22.7. The van der Waals surface area contributed by atoms with Crippen LogP contribution in [0.5, 0.6) is 5.75 Å². The van der Waals surface area contributed by atoms with Gasteiger partial charge >= 0.3 is 0 Å². The molecule has 0 bridgehead atoms. The van der Waals surface area contributed by atoms with Gasteiger partial charge in [-0.1, -0.05) is 6.42 Å². The van der Waals surface area contributed by atoms with Crippen molar-refractivity contribution in [3.05, 3.63) is 41.7 Å². The average molecular weight is 443 g/mol. The lowest BCUT2D eigenvalue weighted by atomic mass is 9.81. The zero-order valence-corrected chi connectivity index (χ0v) is 19.5. The van der Waals surface area contributed by atoms with Gasteiger partial charge in [-0.2, -0.15) is 5.10 Å². The molecule has 4 aromatic rings. The van der Waals surface area contributed by atoms with Crippen molar-refractivity contribution in [1.29, 1.82) is 0 Å². The molecule has 3 heterocycles. The maximum Gasteiger partial charge on any atom is 0.163 e. The van der Waals surface area contributed by atoms with Gasteiger partial charge < -0.3 is 15.3 Å². The summed E-state index contributed by atoms with van der Waals surface area (Å²) in [6.07, 6.45) is 5.53. The Bertz CT molecular complexity index is 1370. The number of phenols is 1. The van der Waals surface area contributed by atoms with E-state index < -0.39 is 0 Å². The van der Waals surface area contributed by atoms with Crippen molar-refractivity contribution in [2.45, 2.75) is 45.1 Å². The number of anilines is 1. The van der Waals surface area contributed by atoms with Crippen molar-refractivity contribution in [1.82, 2.24) is 25.1 Å². The van der Waals surface area contributed by atoms with Crippen LogP contribution in [-0.4, -0.2) is 50.5 Å². The van der Waals surface area contributed by atoms with Crippen molar-refractivity contribution >= 4 is 27.5 Å². The number of fused-ring (bicyclic) bond motifs is 2. The van der Waals surface area contributed by atoms with Crippen LogP contribution in [0.4, 0.5) is 5.69 Å². The van der Waals surface area contributed by atoms with Gasteiger partial charge in [0.1, 0.15) is 5.75 Å². The highest BCUT2D eigenvalue weighted by atomic mass is 16.3. The first-order chi connectivity index (χ1) is 16.0. The third-order valence-corrected chi connectivity index (χ3v) is 7.30. The van der Waals surface area contributed by atoms with Crippen molar-refractivity contribution in [2.24, 2.45) is 7.05 Å². The molecule has 7 heteroatoms. The van der Waals surface area contributed by atoms with Gasteiger partial charge in [-0.15, -0.1) is 0 Å². The fourth-order valence-corrected chi connectivity index (χ4v) is 5.23. The van der Waals surface area contributed by atoms with E-state index in [1.54, 1.807) is 4.68 Å². The minimum atomic E-state index is 0.214. The van der Waals surface area contributed by atoms with E-state index in [1.807, 2.05) is 26.2 Å². The quantitative estimate of drug-likeness (QED) is 0.494. The smallest absolute Gasteiger partial charge is 0.163 e. The molecule has 2 aromatic heterocycles. The number of aromatic hydroxyl groups is 1. The standard InChI is InChI=1S/C26H30N6O/c1-15-13-32(10-9-27-15)19-7-8-22-20(12-19)24(17-5-4-6-17)29-26(28-22)21-11-18-14-31(3)30-23(18)16(2)25(21)33/h7-8,11-12,14-15,17,27,33H,4-6,9-10,13H2,1-3H3. The molecule has 1 saturated carbocycles. The van der Waals surface area contributed by atoms with E-state index in [0.717, 1.165) is 65.5 Å². The third kappa shape index (κ3) is 3.42. The van der Waals surface area contributed by atoms with Crippen LogP contribution in [0.3, 0.4) is 0 Å². The van der Waals surface area contributed by atoms with Gasteiger partial charge in [-0.25, -0.2) is 9.97 Å². The molecule has 1 atom stereocenters. The van der Waals surface area contributed by atoms with E-state index in [2.05, 4.69) is 40.4 Å². The lowest BCUT2D eigenvalue weighted by Crippen LogP contribution is -2.49. The van der Waals surface area contributed by atoms with Gasteiger partial charge in [0, 0.05) is 66.9 Å². The third-order valence-electron chi connectivity index (χ3n) is 7.30. The van der Waals surface area contributed by atoms with Crippen LogP contribution < -0.4 is 10.2 Å². The number of phenolic OH excluding ortho intramolecular Hbond substituents is 1. The Morgan fingerprint density at radius 2 is 2.00 bits per heavy atom. The predicted octanol–water partition coefficient (Wildman–Crippen LogP) is 4.26. The average Bonchev–Trinajstić information content (AvgIpc) is 3.15. The Labute approximate surface area is 193 Å². The van der Waals surface area contributed by atoms with Crippen molar-refractivity contribution in [2.75, 3.05) is 24.5 Å². The summed E-state index contributed by atoms with van der Waals surface area (Å²) in [6, 6.07) is 9.02. The number of benzene rings is 2. The number of rotatable bonds is 3. The Morgan fingerprint density at radius 3 is 2.76 bits per heavy atom. The number of aromatic nitrogens is 4. The fourth-order valence-electron chi connectivity index (χ4n) is 5.23. The summed E-state index contributed by atoms with van der Waals surface area (Å²) < 4.78 is 1.78. The molecule has 170 valence electrons. The van der Waals surface area contributed by atoms with Crippen LogP contribution in [0, 0.1) is 6.92 Å². The highest BCUT2D eigenvalue weighted by Crippen LogP contribution is 2.42. The molecule has 1 saturated heterocycles. The molecule has 0 spiro atoms. The van der Waals surface area contributed by atoms with Crippen LogP contribution in [0.15, 0.2) is 30.5 Å². The zero-order valence-electron chi connectivity index (χ0n) is 19.5. The van der Waals surface area contributed by atoms with E-state index in [4.69, 9.17) is 9.97 Å². The normalized spacial score (nSPS) is 19.4.